The molecule has 1 amide bonds. The number of carbonyl (C=O) groups is 1. The summed E-state index contributed by atoms with van der Waals surface area (Å²) in [5.41, 5.74) is 3.26. The number of anilines is 1. The predicted molar refractivity (Wildman–Crippen MR) is 108 cm³/mol. The molecule has 1 aliphatic carbocycles. The highest BCUT2D eigenvalue weighted by atomic mass is 16.2. The van der Waals surface area contributed by atoms with Crippen molar-refractivity contribution in [3.05, 3.63) is 52.0 Å². The maximum atomic E-state index is 13.1. The lowest BCUT2D eigenvalue weighted by Crippen LogP contribution is -2.29. The molecule has 0 radical (unpaired) electrons. The molecule has 0 unspecified atom stereocenters. The lowest BCUT2D eigenvalue weighted by Gasteiger charge is -2.05. The summed E-state index contributed by atoms with van der Waals surface area (Å²) in [6.07, 6.45) is 2.02. The maximum absolute atomic E-state index is 13.1. The highest BCUT2D eigenvalue weighted by molar-refractivity contribution is 5.92. The van der Waals surface area contributed by atoms with Crippen molar-refractivity contribution in [2.24, 2.45) is 7.05 Å². The topological polar surface area (TPSA) is 99.1 Å². The van der Waals surface area contributed by atoms with Crippen LogP contribution in [0.2, 0.25) is 0 Å². The van der Waals surface area contributed by atoms with E-state index in [4.69, 9.17) is 4.98 Å². The van der Waals surface area contributed by atoms with E-state index in [-0.39, 0.29) is 24.1 Å². The van der Waals surface area contributed by atoms with Crippen LogP contribution < -0.4 is 11.0 Å². The van der Waals surface area contributed by atoms with Gasteiger partial charge >= 0.3 is 5.69 Å². The number of benzene rings is 1. The molecule has 1 aromatic carbocycles. The van der Waals surface area contributed by atoms with Crippen LogP contribution in [0.4, 0.5) is 5.69 Å². The third kappa shape index (κ3) is 2.81. The lowest BCUT2D eigenvalue weighted by molar-refractivity contribution is -0.117. The summed E-state index contributed by atoms with van der Waals surface area (Å²) < 4.78 is 4.49. The standard InChI is InChI=1S/C20H21N7O2/c1-11-17(12(2)25(3)23-11)22-16(28)10-26-20(29)27-18(13-8-9-13)21-15-7-5-4-6-14(15)19(27)24-26/h4-7,13H,8-10H2,1-3H3,(H,22,28). The Balaban J connectivity index is 1.56. The minimum atomic E-state index is -0.338. The maximum Gasteiger partial charge on any atom is 0.352 e. The molecule has 9 nitrogen and oxygen atoms in total. The van der Waals surface area contributed by atoms with E-state index in [1.165, 1.54) is 4.68 Å². The number of nitrogens with one attached hydrogen (secondary N) is 1. The number of hydrogen-bond acceptors (Lipinski definition) is 5. The van der Waals surface area contributed by atoms with Crippen LogP contribution in [0, 0.1) is 13.8 Å². The number of para-hydroxylation sites is 1. The van der Waals surface area contributed by atoms with Crippen molar-refractivity contribution in [2.45, 2.75) is 39.2 Å². The number of fused-ring (bicyclic) bond motifs is 3. The number of rotatable bonds is 4. The average molecular weight is 391 g/mol. The number of carbonyl (C=O) groups excluding carboxylic acids is 1. The summed E-state index contributed by atoms with van der Waals surface area (Å²) in [5.74, 6) is 0.682. The molecule has 1 fully saturated rings. The summed E-state index contributed by atoms with van der Waals surface area (Å²) in [5, 5.41) is 12.4. The zero-order valence-corrected chi connectivity index (χ0v) is 16.5. The Morgan fingerprint density at radius 2 is 1.97 bits per heavy atom. The fourth-order valence-electron chi connectivity index (χ4n) is 3.71. The summed E-state index contributed by atoms with van der Waals surface area (Å²) >= 11 is 0. The van der Waals surface area contributed by atoms with Crippen molar-refractivity contribution < 1.29 is 4.79 Å². The van der Waals surface area contributed by atoms with Crippen LogP contribution in [0.25, 0.3) is 16.6 Å². The number of aromatic nitrogens is 6. The van der Waals surface area contributed by atoms with Gasteiger partial charge in [0.05, 0.1) is 22.6 Å². The van der Waals surface area contributed by atoms with E-state index < -0.39 is 0 Å². The van der Waals surface area contributed by atoms with Gasteiger partial charge in [-0.2, -0.15) is 5.10 Å². The van der Waals surface area contributed by atoms with Crippen LogP contribution >= 0.6 is 0 Å². The van der Waals surface area contributed by atoms with E-state index in [2.05, 4.69) is 15.5 Å². The van der Waals surface area contributed by atoms with E-state index in [0.717, 1.165) is 41.0 Å². The Hall–Kier alpha value is -3.49. The van der Waals surface area contributed by atoms with Crippen molar-refractivity contribution in [3.8, 4) is 0 Å². The van der Waals surface area contributed by atoms with E-state index >= 15 is 0 Å². The first-order chi connectivity index (χ1) is 13.9. The number of hydrogen-bond donors (Lipinski definition) is 1. The van der Waals surface area contributed by atoms with Gasteiger partial charge in [0.2, 0.25) is 5.91 Å². The van der Waals surface area contributed by atoms with Gasteiger partial charge in [0.1, 0.15) is 12.4 Å². The van der Waals surface area contributed by atoms with E-state index in [1.54, 1.807) is 9.08 Å². The van der Waals surface area contributed by atoms with Gasteiger partial charge in [-0.05, 0) is 38.8 Å². The zero-order valence-electron chi connectivity index (χ0n) is 16.5. The van der Waals surface area contributed by atoms with E-state index in [9.17, 15) is 9.59 Å². The normalized spacial score (nSPS) is 14.0. The molecule has 9 heteroatoms. The molecule has 0 bridgehead atoms. The zero-order chi connectivity index (χ0) is 20.3. The minimum absolute atomic E-state index is 0.174. The first kappa shape index (κ1) is 17.6. The van der Waals surface area contributed by atoms with E-state index in [1.807, 2.05) is 45.2 Å². The molecule has 1 saturated carbocycles. The highest BCUT2D eigenvalue weighted by Crippen LogP contribution is 2.39. The molecular formula is C20H21N7O2. The molecule has 1 aliphatic rings. The average Bonchev–Trinajstić information content (AvgIpc) is 3.46. The Morgan fingerprint density at radius 1 is 1.21 bits per heavy atom. The molecule has 3 heterocycles. The van der Waals surface area contributed by atoms with Gasteiger partial charge < -0.3 is 5.32 Å². The molecule has 4 aromatic rings. The highest BCUT2D eigenvalue weighted by Gasteiger charge is 2.30. The van der Waals surface area contributed by atoms with Gasteiger partial charge in [-0.15, -0.1) is 5.10 Å². The predicted octanol–water partition coefficient (Wildman–Crippen LogP) is 1.91. The molecule has 0 saturated heterocycles. The summed E-state index contributed by atoms with van der Waals surface area (Å²) in [6.45, 7) is 3.54. The summed E-state index contributed by atoms with van der Waals surface area (Å²) in [6, 6.07) is 7.63. The molecule has 0 spiro atoms. The molecule has 1 N–H and O–H groups in total. The van der Waals surface area contributed by atoms with Crippen molar-refractivity contribution in [3.63, 3.8) is 0 Å². The molecule has 0 aliphatic heterocycles. The Bertz CT molecular complexity index is 1340. The van der Waals surface area contributed by atoms with Gasteiger partial charge in [-0.3, -0.25) is 9.48 Å². The van der Waals surface area contributed by atoms with Gasteiger partial charge in [-0.1, -0.05) is 12.1 Å². The SMILES string of the molecule is Cc1nn(C)c(C)c1NC(=O)Cn1nc2c3ccccc3nc(C3CC3)n2c1=O. The van der Waals surface area contributed by atoms with Gasteiger partial charge in [-0.25, -0.2) is 18.9 Å². The van der Waals surface area contributed by atoms with Crippen molar-refractivity contribution >= 4 is 28.1 Å². The van der Waals surface area contributed by atoms with Crippen LogP contribution in [0.15, 0.2) is 29.1 Å². The molecular weight excluding hydrogens is 370 g/mol. The van der Waals surface area contributed by atoms with Gasteiger partial charge in [0, 0.05) is 18.4 Å². The number of aryl methyl sites for hydroxylation is 2. The second-order valence-electron chi connectivity index (χ2n) is 7.58. The van der Waals surface area contributed by atoms with Crippen LogP contribution in [-0.2, 0) is 18.4 Å². The Kier molecular flexibility index (Phi) is 3.80. The van der Waals surface area contributed by atoms with E-state index in [0.29, 0.717) is 11.3 Å². The van der Waals surface area contributed by atoms with Gasteiger partial charge in [0.25, 0.3) is 0 Å². The largest absolute Gasteiger partial charge is 0.352 e. The molecule has 148 valence electrons. The molecule has 29 heavy (non-hydrogen) atoms. The summed E-state index contributed by atoms with van der Waals surface area (Å²) in [4.78, 5) is 30.4. The lowest BCUT2D eigenvalue weighted by atomic mass is 10.2. The minimum Gasteiger partial charge on any atom is -0.321 e. The van der Waals surface area contributed by atoms with Gasteiger partial charge in [0.15, 0.2) is 5.65 Å². The molecule has 5 rings (SSSR count). The van der Waals surface area contributed by atoms with Crippen molar-refractivity contribution in [1.82, 2.24) is 28.9 Å². The first-order valence-electron chi connectivity index (χ1n) is 9.62. The third-order valence-corrected chi connectivity index (χ3v) is 5.46. The quantitative estimate of drug-likeness (QED) is 0.573. The fraction of sp³-hybridized carbons (Fsp3) is 0.350. The van der Waals surface area contributed by atoms with Crippen molar-refractivity contribution in [2.75, 3.05) is 5.32 Å². The second-order valence-corrected chi connectivity index (χ2v) is 7.58. The molecule has 0 atom stereocenters. The van der Waals surface area contributed by atoms with Crippen LogP contribution in [-0.4, -0.2) is 34.9 Å². The first-order valence-corrected chi connectivity index (χ1v) is 9.62. The number of nitrogens with zero attached hydrogens (tertiary/aromatic N) is 6. The second kappa shape index (κ2) is 6.26. The third-order valence-electron chi connectivity index (χ3n) is 5.46. The number of amides is 1. The Morgan fingerprint density at radius 3 is 2.66 bits per heavy atom. The van der Waals surface area contributed by atoms with Crippen LogP contribution in [0.1, 0.15) is 36.0 Å². The van der Waals surface area contributed by atoms with Crippen LogP contribution in [0.5, 0.6) is 0 Å². The molecule has 3 aromatic heterocycles. The fourth-order valence-corrected chi connectivity index (χ4v) is 3.71. The smallest absolute Gasteiger partial charge is 0.321 e. The monoisotopic (exact) mass is 391 g/mol. The summed E-state index contributed by atoms with van der Waals surface area (Å²) in [7, 11) is 1.82. The van der Waals surface area contributed by atoms with Crippen molar-refractivity contribution in [1.29, 1.82) is 0 Å². The Labute approximate surface area is 166 Å². The van der Waals surface area contributed by atoms with Crippen LogP contribution in [0.3, 0.4) is 0 Å².